The predicted octanol–water partition coefficient (Wildman–Crippen LogP) is 4.39. The molecule has 3 rings (SSSR count). The summed E-state index contributed by atoms with van der Waals surface area (Å²) in [4.78, 5) is 17.8. The molecule has 2 aromatic carbocycles. The average molecular weight is 366 g/mol. The number of pyridine rings is 1. The van der Waals surface area contributed by atoms with E-state index >= 15 is 0 Å². The van der Waals surface area contributed by atoms with Crippen LogP contribution in [0.15, 0.2) is 72.9 Å². The molecule has 0 N–H and O–H groups in total. The van der Waals surface area contributed by atoms with Gasteiger partial charge in [-0.2, -0.15) is 0 Å². The number of halogens is 1. The van der Waals surface area contributed by atoms with E-state index in [0.29, 0.717) is 28.6 Å². The molecule has 1 heterocycles. The van der Waals surface area contributed by atoms with Gasteiger partial charge in [0.15, 0.2) is 12.4 Å². The van der Waals surface area contributed by atoms with Gasteiger partial charge in [0.25, 0.3) is 5.91 Å². The number of ether oxygens (including phenoxy) is 2. The Hall–Kier alpha value is -3.41. The van der Waals surface area contributed by atoms with Gasteiger partial charge in [-0.3, -0.25) is 4.79 Å². The third kappa shape index (κ3) is 4.41. The van der Waals surface area contributed by atoms with E-state index in [4.69, 9.17) is 9.47 Å². The molecule has 0 saturated heterocycles. The van der Waals surface area contributed by atoms with Crippen molar-refractivity contribution in [3.8, 4) is 17.4 Å². The minimum absolute atomic E-state index is 0.106. The largest absolute Gasteiger partial charge is 0.481 e. The monoisotopic (exact) mass is 366 g/mol. The fourth-order valence-electron chi connectivity index (χ4n) is 2.66. The smallest absolute Gasteiger partial charge is 0.258 e. The van der Waals surface area contributed by atoms with Crippen LogP contribution in [0, 0.1) is 0 Å². The summed E-state index contributed by atoms with van der Waals surface area (Å²) in [6.45, 7) is -1.02. The van der Waals surface area contributed by atoms with Crippen molar-refractivity contribution in [1.82, 2.24) is 4.98 Å². The molecule has 0 fully saturated rings. The molecule has 27 heavy (non-hydrogen) atoms. The van der Waals surface area contributed by atoms with Crippen LogP contribution in [-0.2, 0) is 11.3 Å². The fraction of sp³-hybridized carbons (Fsp3) is 0.143. The summed E-state index contributed by atoms with van der Waals surface area (Å²) >= 11 is 0. The molecule has 1 amide bonds. The Morgan fingerprint density at radius 2 is 1.78 bits per heavy atom. The normalized spacial score (nSPS) is 10.3. The molecule has 0 spiro atoms. The van der Waals surface area contributed by atoms with Gasteiger partial charge in [-0.05, 0) is 30.3 Å². The molecule has 0 aliphatic carbocycles. The molecule has 3 aromatic rings. The van der Waals surface area contributed by atoms with Crippen LogP contribution in [0.1, 0.15) is 5.56 Å². The molecular weight excluding hydrogens is 347 g/mol. The van der Waals surface area contributed by atoms with Gasteiger partial charge in [-0.15, -0.1) is 0 Å². The van der Waals surface area contributed by atoms with Crippen molar-refractivity contribution in [2.24, 2.45) is 0 Å². The van der Waals surface area contributed by atoms with E-state index in [1.807, 2.05) is 30.3 Å². The molecule has 0 bridgehead atoms. The summed E-state index contributed by atoms with van der Waals surface area (Å²) < 4.78 is 24.5. The van der Waals surface area contributed by atoms with Gasteiger partial charge in [0.05, 0.1) is 19.3 Å². The van der Waals surface area contributed by atoms with Crippen LogP contribution in [0.3, 0.4) is 0 Å². The van der Waals surface area contributed by atoms with Gasteiger partial charge in [0.1, 0.15) is 5.75 Å². The highest BCUT2D eigenvalue weighted by Crippen LogP contribution is 2.34. The number of para-hydroxylation sites is 3. The quantitative estimate of drug-likeness (QED) is 0.622. The molecule has 138 valence electrons. The molecular formula is C21H19FN2O3. The summed E-state index contributed by atoms with van der Waals surface area (Å²) in [7, 11) is 1.50. The molecule has 0 saturated carbocycles. The van der Waals surface area contributed by atoms with Crippen LogP contribution >= 0.6 is 0 Å². The molecule has 5 nitrogen and oxygen atoms in total. The van der Waals surface area contributed by atoms with Gasteiger partial charge in [0.2, 0.25) is 5.88 Å². The molecule has 0 aliphatic heterocycles. The number of anilines is 1. The summed E-state index contributed by atoms with van der Waals surface area (Å²) in [6.07, 6.45) is 1.59. The van der Waals surface area contributed by atoms with Gasteiger partial charge in [-0.25, -0.2) is 9.37 Å². The molecule has 1 aromatic heterocycles. The average Bonchev–Trinajstić information content (AvgIpc) is 2.73. The van der Waals surface area contributed by atoms with Crippen molar-refractivity contribution in [3.63, 3.8) is 0 Å². The number of methoxy groups -OCH3 is 1. The first-order chi connectivity index (χ1) is 13.2. The SMILES string of the molecule is COc1ncccc1CN(C(=O)CF)c1ccccc1Oc1ccccc1. The van der Waals surface area contributed by atoms with E-state index in [9.17, 15) is 9.18 Å². The zero-order valence-electron chi connectivity index (χ0n) is 14.8. The Bertz CT molecular complexity index is 903. The fourth-order valence-corrected chi connectivity index (χ4v) is 2.66. The Kier molecular flexibility index (Phi) is 5.99. The number of benzene rings is 2. The Morgan fingerprint density at radius 3 is 2.52 bits per heavy atom. The predicted molar refractivity (Wildman–Crippen MR) is 101 cm³/mol. The number of carbonyl (C=O) groups is 1. The van der Waals surface area contributed by atoms with Gasteiger partial charge >= 0.3 is 0 Å². The highest BCUT2D eigenvalue weighted by molar-refractivity contribution is 5.95. The van der Waals surface area contributed by atoms with Gasteiger partial charge in [-0.1, -0.05) is 36.4 Å². The zero-order chi connectivity index (χ0) is 19.1. The maximum absolute atomic E-state index is 13.3. The van der Waals surface area contributed by atoms with Crippen LogP contribution in [0.4, 0.5) is 10.1 Å². The number of hydrogen-bond acceptors (Lipinski definition) is 4. The summed E-state index contributed by atoms with van der Waals surface area (Å²) in [5.74, 6) is 0.783. The number of aromatic nitrogens is 1. The van der Waals surface area contributed by atoms with Crippen molar-refractivity contribution < 1.29 is 18.7 Å². The van der Waals surface area contributed by atoms with Crippen LogP contribution in [0.25, 0.3) is 0 Å². The topological polar surface area (TPSA) is 51.7 Å². The summed E-state index contributed by atoms with van der Waals surface area (Å²) in [6, 6.07) is 19.7. The highest BCUT2D eigenvalue weighted by atomic mass is 19.1. The zero-order valence-corrected chi connectivity index (χ0v) is 14.8. The van der Waals surface area contributed by atoms with Crippen molar-refractivity contribution in [3.05, 3.63) is 78.5 Å². The highest BCUT2D eigenvalue weighted by Gasteiger charge is 2.21. The van der Waals surface area contributed by atoms with E-state index in [-0.39, 0.29) is 6.54 Å². The number of nitrogens with zero attached hydrogens (tertiary/aromatic N) is 2. The molecule has 0 radical (unpaired) electrons. The lowest BCUT2D eigenvalue weighted by molar-refractivity contribution is -0.119. The first kappa shape index (κ1) is 18.4. The number of carbonyl (C=O) groups excluding carboxylic acids is 1. The maximum Gasteiger partial charge on any atom is 0.258 e. The molecule has 0 unspecified atom stereocenters. The van der Waals surface area contributed by atoms with E-state index in [1.165, 1.54) is 12.0 Å². The Labute approximate surface area is 157 Å². The number of alkyl halides is 1. The van der Waals surface area contributed by atoms with E-state index in [2.05, 4.69) is 4.98 Å². The second-order valence-corrected chi connectivity index (χ2v) is 5.67. The first-order valence-electron chi connectivity index (χ1n) is 8.39. The van der Waals surface area contributed by atoms with Crippen LogP contribution in [0.2, 0.25) is 0 Å². The lowest BCUT2D eigenvalue weighted by atomic mass is 10.2. The lowest BCUT2D eigenvalue weighted by Gasteiger charge is -2.24. The molecule has 0 atom stereocenters. The number of rotatable bonds is 7. The summed E-state index contributed by atoms with van der Waals surface area (Å²) in [5.41, 5.74) is 1.13. The van der Waals surface area contributed by atoms with Crippen LogP contribution < -0.4 is 14.4 Å². The van der Waals surface area contributed by atoms with E-state index in [1.54, 1.807) is 42.6 Å². The van der Waals surface area contributed by atoms with Crippen LogP contribution in [0.5, 0.6) is 17.4 Å². The second kappa shape index (κ2) is 8.80. The Morgan fingerprint density at radius 1 is 1.04 bits per heavy atom. The van der Waals surface area contributed by atoms with Crippen molar-refractivity contribution in [2.45, 2.75) is 6.54 Å². The molecule has 6 heteroatoms. The van der Waals surface area contributed by atoms with E-state index in [0.717, 1.165) is 0 Å². The number of hydrogen-bond donors (Lipinski definition) is 0. The Balaban J connectivity index is 1.97. The standard InChI is InChI=1S/C21H19FN2O3/c1-26-21-16(8-7-13-23-21)15-24(20(25)14-22)18-11-5-6-12-19(18)27-17-9-3-2-4-10-17/h2-13H,14-15H2,1H3. The van der Waals surface area contributed by atoms with Crippen molar-refractivity contribution in [2.75, 3.05) is 18.7 Å². The number of amides is 1. The second-order valence-electron chi connectivity index (χ2n) is 5.67. The minimum Gasteiger partial charge on any atom is -0.481 e. The van der Waals surface area contributed by atoms with E-state index < -0.39 is 12.6 Å². The van der Waals surface area contributed by atoms with Crippen molar-refractivity contribution >= 4 is 11.6 Å². The van der Waals surface area contributed by atoms with Gasteiger partial charge in [0, 0.05) is 11.8 Å². The third-order valence-corrected chi connectivity index (χ3v) is 3.91. The third-order valence-electron chi connectivity index (χ3n) is 3.91. The van der Waals surface area contributed by atoms with Crippen LogP contribution in [-0.4, -0.2) is 24.7 Å². The van der Waals surface area contributed by atoms with Crippen molar-refractivity contribution in [1.29, 1.82) is 0 Å². The minimum atomic E-state index is -1.12. The molecule has 0 aliphatic rings. The van der Waals surface area contributed by atoms with Gasteiger partial charge < -0.3 is 14.4 Å². The first-order valence-corrected chi connectivity index (χ1v) is 8.39. The maximum atomic E-state index is 13.3. The summed E-state index contributed by atoms with van der Waals surface area (Å²) in [5, 5.41) is 0. The lowest BCUT2D eigenvalue weighted by Crippen LogP contribution is -2.32.